The molecule has 1 aromatic carbocycles. The molecule has 25 heavy (non-hydrogen) atoms. The van der Waals surface area contributed by atoms with Crippen molar-refractivity contribution in [1.29, 1.82) is 0 Å². The minimum atomic E-state index is -4.48. The van der Waals surface area contributed by atoms with Crippen molar-refractivity contribution in [2.24, 2.45) is 0 Å². The molecule has 3 aromatic rings. The summed E-state index contributed by atoms with van der Waals surface area (Å²) in [5.74, 6) is 0. The van der Waals surface area contributed by atoms with E-state index in [0.29, 0.717) is 22.1 Å². The van der Waals surface area contributed by atoms with Gasteiger partial charge in [0, 0.05) is 27.9 Å². The van der Waals surface area contributed by atoms with Crippen molar-refractivity contribution < 1.29 is 13.2 Å². The summed E-state index contributed by atoms with van der Waals surface area (Å²) in [6.45, 7) is 3.52. The number of pyridine rings is 1. The van der Waals surface area contributed by atoms with Gasteiger partial charge in [-0.3, -0.25) is 9.36 Å². The fourth-order valence-corrected chi connectivity index (χ4v) is 3.40. The minimum Gasteiger partial charge on any atom is -0.375 e. The van der Waals surface area contributed by atoms with Crippen molar-refractivity contribution in [3.05, 3.63) is 62.9 Å². The van der Waals surface area contributed by atoms with Crippen LogP contribution < -0.4 is 11.3 Å². The Morgan fingerprint density at radius 2 is 1.88 bits per heavy atom. The number of aromatic nitrogens is 2. The summed E-state index contributed by atoms with van der Waals surface area (Å²) in [4.78, 5) is 17.4. The largest absolute Gasteiger partial charge is 0.416 e. The molecule has 0 saturated carbocycles. The van der Waals surface area contributed by atoms with Gasteiger partial charge < -0.3 is 5.73 Å². The van der Waals surface area contributed by atoms with E-state index in [1.54, 1.807) is 13.0 Å². The van der Waals surface area contributed by atoms with Gasteiger partial charge in [-0.1, -0.05) is 6.07 Å². The number of nitrogen functional groups attached to an aromatic ring is 1. The third kappa shape index (κ3) is 3.17. The van der Waals surface area contributed by atoms with Gasteiger partial charge >= 0.3 is 6.18 Å². The lowest BCUT2D eigenvalue weighted by Gasteiger charge is -2.15. The fraction of sp³-hybridized carbons (Fsp3) is 0.176. The molecule has 0 spiro atoms. The van der Waals surface area contributed by atoms with Gasteiger partial charge in [0.1, 0.15) is 0 Å². The molecule has 0 fully saturated rings. The zero-order valence-electron chi connectivity index (χ0n) is 13.4. The van der Waals surface area contributed by atoms with Crippen molar-refractivity contribution in [2.75, 3.05) is 5.73 Å². The second-order valence-electron chi connectivity index (χ2n) is 5.51. The first-order chi connectivity index (χ1) is 11.7. The van der Waals surface area contributed by atoms with E-state index in [1.807, 2.05) is 6.92 Å². The fourth-order valence-electron chi connectivity index (χ4n) is 2.69. The second-order valence-corrected chi connectivity index (χ2v) is 6.75. The first-order valence-corrected chi connectivity index (χ1v) is 8.13. The average molecular weight is 365 g/mol. The molecule has 0 aliphatic heterocycles. The molecule has 2 aromatic heterocycles. The molecule has 4 nitrogen and oxygen atoms in total. The SMILES string of the molecule is Cc1sc(N)nc1-c1ccc(=O)n(-c2cccc(C(F)(F)F)c2)c1C. The van der Waals surface area contributed by atoms with Crippen LogP contribution in [-0.2, 0) is 6.18 Å². The lowest BCUT2D eigenvalue weighted by Crippen LogP contribution is -2.20. The molecule has 8 heteroatoms. The highest BCUT2D eigenvalue weighted by Gasteiger charge is 2.30. The zero-order valence-corrected chi connectivity index (χ0v) is 14.2. The Hall–Kier alpha value is -2.61. The quantitative estimate of drug-likeness (QED) is 0.741. The Balaban J connectivity index is 2.23. The van der Waals surface area contributed by atoms with Gasteiger partial charge in [0.25, 0.3) is 5.56 Å². The van der Waals surface area contributed by atoms with Crippen LogP contribution in [0.4, 0.5) is 18.3 Å². The van der Waals surface area contributed by atoms with Crippen molar-refractivity contribution in [3.8, 4) is 16.9 Å². The minimum absolute atomic E-state index is 0.153. The number of aryl methyl sites for hydroxylation is 1. The Bertz CT molecular complexity index is 1010. The predicted octanol–water partition coefficient (Wildman–Crippen LogP) is 4.18. The van der Waals surface area contributed by atoms with Crippen LogP contribution in [0.2, 0.25) is 0 Å². The Kier molecular flexibility index (Phi) is 4.16. The monoisotopic (exact) mass is 365 g/mol. The maximum absolute atomic E-state index is 13.0. The number of hydrogen-bond donors (Lipinski definition) is 1. The molecule has 0 atom stereocenters. The van der Waals surface area contributed by atoms with Crippen LogP contribution in [0.25, 0.3) is 16.9 Å². The molecule has 0 unspecified atom stereocenters. The highest BCUT2D eigenvalue weighted by Crippen LogP contribution is 2.33. The van der Waals surface area contributed by atoms with Crippen LogP contribution in [0.5, 0.6) is 0 Å². The molecule has 0 bridgehead atoms. The molecule has 2 heterocycles. The van der Waals surface area contributed by atoms with E-state index in [0.717, 1.165) is 17.0 Å². The highest BCUT2D eigenvalue weighted by atomic mass is 32.1. The molecular weight excluding hydrogens is 351 g/mol. The number of nitrogens with zero attached hydrogens (tertiary/aromatic N) is 2. The van der Waals surface area contributed by atoms with Crippen molar-refractivity contribution in [3.63, 3.8) is 0 Å². The normalized spacial score (nSPS) is 11.7. The number of thiazole rings is 1. The van der Waals surface area contributed by atoms with E-state index < -0.39 is 17.3 Å². The molecule has 0 aliphatic carbocycles. The molecule has 0 radical (unpaired) electrons. The second kappa shape index (κ2) is 6.03. The molecular formula is C17H14F3N3OS. The number of alkyl halides is 3. The maximum atomic E-state index is 13.0. The predicted molar refractivity (Wildman–Crippen MR) is 92.0 cm³/mol. The Labute approximate surface area is 145 Å². The zero-order chi connectivity index (χ0) is 18.4. The van der Waals surface area contributed by atoms with Crippen LogP contribution in [0.15, 0.2) is 41.2 Å². The van der Waals surface area contributed by atoms with Crippen molar-refractivity contribution in [2.45, 2.75) is 20.0 Å². The summed E-state index contributed by atoms with van der Waals surface area (Å²) >= 11 is 1.31. The van der Waals surface area contributed by atoms with Crippen LogP contribution in [0.1, 0.15) is 16.1 Å². The van der Waals surface area contributed by atoms with Gasteiger partial charge in [-0.15, -0.1) is 11.3 Å². The third-order valence-corrected chi connectivity index (χ3v) is 4.64. The number of hydrogen-bond acceptors (Lipinski definition) is 4. The van der Waals surface area contributed by atoms with Crippen LogP contribution in [0.3, 0.4) is 0 Å². The standard InChI is InChI=1S/C17H14F3N3OS/c1-9-13(15-10(2)25-16(21)22-15)6-7-14(24)23(9)12-5-3-4-11(8-12)17(18,19)20/h3-8H,1-2H3,(H2,21,22). The molecule has 0 amide bonds. The summed E-state index contributed by atoms with van der Waals surface area (Å²) in [6, 6.07) is 7.61. The van der Waals surface area contributed by atoms with Gasteiger partial charge in [0.2, 0.25) is 0 Å². The van der Waals surface area contributed by atoms with Gasteiger partial charge in [0.15, 0.2) is 5.13 Å². The van der Waals surface area contributed by atoms with Crippen molar-refractivity contribution >= 4 is 16.5 Å². The van der Waals surface area contributed by atoms with E-state index >= 15 is 0 Å². The molecule has 130 valence electrons. The van der Waals surface area contributed by atoms with E-state index in [2.05, 4.69) is 4.98 Å². The Morgan fingerprint density at radius 1 is 1.16 bits per heavy atom. The van der Waals surface area contributed by atoms with Crippen LogP contribution in [-0.4, -0.2) is 9.55 Å². The van der Waals surface area contributed by atoms with E-state index in [-0.39, 0.29) is 5.69 Å². The lowest BCUT2D eigenvalue weighted by atomic mass is 10.1. The molecule has 3 rings (SSSR count). The summed E-state index contributed by atoms with van der Waals surface area (Å²) < 4.78 is 40.2. The van der Waals surface area contributed by atoms with Gasteiger partial charge in [0.05, 0.1) is 11.3 Å². The average Bonchev–Trinajstić information content (AvgIpc) is 2.85. The van der Waals surface area contributed by atoms with Crippen LogP contribution >= 0.6 is 11.3 Å². The molecule has 0 saturated heterocycles. The lowest BCUT2D eigenvalue weighted by molar-refractivity contribution is -0.137. The summed E-state index contributed by atoms with van der Waals surface area (Å²) in [7, 11) is 0. The van der Waals surface area contributed by atoms with Gasteiger partial charge in [-0.2, -0.15) is 13.2 Å². The first kappa shape index (κ1) is 17.2. The van der Waals surface area contributed by atoms with E-state index in [1.165, 1.54) is 34.1 Å². The summed E-state index contributed by atoms with van der Waals surface area (Å²) in [5.41, 5.74) is 6.44. The topological polar surface area (TPSA) is 60.9 Å². The molecule has 0 aliphatic rings. The number of rotatable bonds is 2. The van der Waals surface area contributed by atoms with Crippen LogP contribution in [0, 0.1) is 13.8 Å². The smallest absolute Gasteiger partial charge is 0.375 e. The third-order valence-electron chi connectivity index (χ3n) is 3.84. The number of halogens is 3. The van der Waals surface area contributed by atoms with E-state index in [4.69, 9.17) is 5.73 Å². The van der Waals surface area contributed by atoms with Gasteiger partial charge in [-0.25, -0.2) is 4.98 Å². The maximum Gasteiger partial charge on any atom is 0.416 e. The first-order valence-electron chi connectivity index (χ1n) is 7.32. The number of nitrogens with two attached hydrogens (primary N) is 1. The van der Waals surface area contributed by atoms with E-state index in [9.17, 15) is 18.0 Å². The summed E-state index contributed by atoms with van der Waals surface area (Å²) in [5, 5.41) is 0.392. The summed E-state index contributed by atoms with van der Waals surface area (Å²) in [6.07, 6.45) is -4.48. The molecule has 2 N–H and O–H groups in total. The van der Waals surface area contributed by atoms with Gasteiger partial charge in [-0.05, 0) is 38.1 Å². The number of anilines is 1. The Morgan fingerprint density at radius 3 is 2.48 bits per heavy atom. The highest BCUT2D eigenvalue weighted by molar-refractivity contribution is 7.15. The number of benzene rings is 1. The van der Waals surface area contributed by atoms with Crippen molar-refractivity contribution in [1.82, 2.24) is 9.55 Å².